The topological polar surface area (TPSA) is 65.9 Å². The van der Waals surface area contributed by atoms with Crippen LogP contribution in [0, 0.1) is 0 Å². The summed E-state index contributed by atoms with van der Waals surface area (Å²) >= 11 is 6.13. The highest BCUT2D eigenvalue weighted by Crippen LogP contribution is 2.31. The molecule has 1 saturated heterocycles. The van der Waals surface area contributed by atoms with Crippen molar-refractivity contribution in [2.24, 2.45) is 4.99 Å². The Morgan fingerprint density at radius 1 is 1.29 bits per heavy atom. The minimum absolute atomic E-state index is 0.0853. The second-order valence-electron chi connectivity index (χ2n) is 6.82. The minimum atomic E-state index is -0.0853. The van der Waals surface area contributed by atoms with Gasteiger partial charge >= 0.3 is 0 Å². The van der Waals surface area contributed by atoms with Crippen molar-refractivity contribution in [2.75, 3.05) is 33.8 Å². The van der Waals surface area contributed by atoms with E-state index in [2.05, 4.69) is 31.3 Å². The van der Waals surface area contributed by atoms with E-state index < -0.39 is 0 Å². The van der Waals surface area contributed by atoms with Crippen LogP contribution in [0.25, 0.3) is 0 Å². The van der Waals surface area contributed by atoms with Crippen molar-refractivity contribution in [3.05, 3.63) is 65.3 Å². The van der Waals surface area contributed by atoms with Gasteiger partial charge in [-0.2, -0.15) is 0 Å². The van der Waals surface area contributed by atoms with Gasteiger partial charge in [0.2, 0.25) is 0 Å². The van der Waals surface area contributed by atoms with Gasteiger partial charge in [0.25, 0.3) is 0 Å². The lowest BCUT2D eigenvalue weighted by Gasteiger charge is -2.41. The smallest absolute Gasteiger partial charge is 0.178 e. The molecule has 2 unspecified atom stereocenters. The molecule has 146 valence electrons. The van der Waals surface area contributed by atoms with Gasteiger partial charge in [-0.05, 0) is 24.3 Å². The van der Waals surface area contributed by atoms with E-state index in [-0.39, 0.29) is 12.3 Å². The van der Waals surface area contributed by atoms with Crippen LogP contribution in [0.4, 0.5) is 0 Å². The third-order valence-corrected chi connectivity index (χ3v) is 5.27. The first-order valence-corrected chi connectivity index (χ1v) is 9.58. The van der Waals surface area contributed by atoms with Gasteiger partial charge in [0.05, 0.1) is 18.5 Å². The molecule has 3 heterocycles. The molecule has 2 atom stereocenters. The van der Waals surface area contributed by atoms with Gasteiger partial charge in [0.15, 0.2) is 6.29 Å². The monoisotopic (exact) mass is 398 g/mol. The number of rotatable bonds is 4. The second-order valence-corrected chi connectivity index (χ2v) is 7.26. The number of ether oxygens (including phenoxy) is 1. The number of aromatic nitrogens is 2. The zero-order valence-electron chi connectivity index (χ0n) is 15.9. The Hall–Kier alpha value is -2.48. The first kappa shape index (κ1) is 18.9. The Kier molecular flexibility index (Phi) is 5.57. The SMILES string of the molecule is COc1cc(Cl)ccc1C1CN(C2N=C(c3ccncn3)C=CN2C)CCN1. The quantitative estimate of drug-likeness (QED) is 0.852. The first-order valence-electron chi connectivity index (χ1n) is 9.21. The van der Waals surface area contributed by atoms with Crippen molar-refractivity contribution in [2.45, 2.75) is 12.3 Å². The molecule has 1 fully saturated rings. The minimum Gasteiger partial charge on any atom is -0.496 e. The molecule has 0 amide bonds. The number of hydrogen-bond acceptors (Lipinski definition) is 7. The van der Waals surface area contributed by atoms with Gasteiger partial charge in [-0.3, -0.25) is 4.90 Å². The van der Waals surface area contributed by atoms with Crippen molar-refractivity contribution in [3.8, 4) is 5.75 Å². The standard InChI is InChI=1S/C20H23ClN6O/c1-26-9-6-17(16-5-7-22-13-24-16)25-20(26)27-10-8-23-18(12-27)15-4-3-14(21)11-19(15)28-2/h3-7,9,11,13,18,20,23H,8,10,12H2,1-2H3. The molecule has 2 aliphatic rings. The molecular weight excluding hydrogens is 376 g/mol. The third-order valence-electron chi connectivity index (χ3n) is 5.04. The summed E-state index contributed by atoms with van der Waals surface area (Å²) in [6, 6.07) is 7.81. The van der Waals surface area contributed by atoms with Crippen molar-refractivity contribution < 1.29 is 4.74 Å². The number of hydrogen-bond donors (Lipinski definition) is 1. The molecule has 28 heavy (non-hydrogen) atoms. The Balaban J connectivity index is 1.57. The van der Waals surface area contributed by atoms with E-state index in [1.807, 2.05) is 37.4 Å². The van der Waals surface area contributed by atoms with E-state index >= 15 is 0 Å². The van der Waals surface area contributed by atoms with Crippen LogP contribution in [-0.4, -0.2) is 65.6 Å². The summed E-state index contributed by atoms with van der Waals surface area (Å²) in [5, 5.41) is 4.26. The van der Waals surface area contributed by atoms with Crippen LogP contribution in [0.15, 0.2) is 54.1 Å². The maximum absolute atomic E-state index is 6.13. The van der Waals surface area contributed by atoms with E-state index in [0.717, 1.165) is 42.4 Å². The largest absolute Gasteiger partial charge is 0.496 e. The summed E-state index contributed by atoms with van der Waals surface area (Å²) in [6.45, 7) is 2.57. The number of halogens is 1. The number of aliphatic imine (C=N–C) groups is 1. The van der Waals surface area contributed by atoms with Crippen molar-refractivity contribution >= 4 is 17.3 Å². The fourth-order valence-corrected chi connectivity index (χ4v) is 3.78. The maximum Gasteiger partial charge on any atom is 0.178 e. The number of nitrogens with zero attached hydrogens (tertiary/aromatic N) is 5. The van der Waals surface area contributed by atoms with Crippen LogP contribution in [0.1, 0.15) is 17.3 Å². The molecule has 0 bridgehead atoms. The Bertz CT molecular complexity index is 888. The molecule has 7 nitrogen and oxygen atoms in total. The van der Waals surface area contributed by atoms with E-state index in [1.165, 1.54) is 0 Å². The normalized spacial score (nSPS) is 22.8. The molecule has 1 N–H and O–H groups in total. The zero-order chi connectivity index (χ0) is 19.5. The molecule has 0 spiro atoms. The van der Waals surface area contributed by atoms with Crippen LogP contribution in [0.3, 0.4) is 0 Å². The van der Waals surface area contributed by atoms with E-state index in [4.69, 9.17) is 21.3 Å². The summed E-state index contributed by atoms with van der Waals surface area (Å²) in [7, 11) is 3.72. The third kappa shape index (κ3) is 3.87. The van der Waals surface area contributed by atoms with E-state index in [0.29, 0.717) is 5.02 Å². The average molecular weight is 399 g/mol. The first-order chi connectivity index (χ1) is 13.7. The summed E-state index contributed by atoms with van der Waals surface area (Å²) in [4.78, 5) is 17.7. The number of allylic oxidation sites excluding steroid dienone is 1. The Morgan fingerprint density at radius 3 is 2.96 bits per heavy atom. The molecule has 2 aliphatic heterocycles. The lowest BCUT2D eigenvalue weighted by atomic mass is 10.0. The Labute approximate surface area is 169 Å². The van der Waals surface area contributed by atoms with E-state index in [1.54, 1.807) is 19.6 Å². The summed E-state index contributed by atoms with van der Waals surface area (Å²) in [6.07, 6.45) is 7.24. The number of benzene rings is 1. The van der Waals surface area contributed by atoms with Crippen LogP contribution < -0.4 is 10.1 Å². The second kappa shape index (κ2) is 8.26. The Morgan fingerprint density at radius 2 is 2.18 bits per heavy atom. The molecule has 2 aromatic rings. The van der Waals surface area contributed by atoms with Gasteiger partial charge < -0.3 is 15.0 Å². The molecule has 0 saturated carbocycles. The van der Waals surface area contributed by atoms with Gasteiger partial charge in [-0.25, -0.2) is 15.0 Å². The number of methoxy groups -OCH3 is 1. The van der Waals surface area contributed by atoms with Gasteiger partial charge in [-0.1, -0.05) is 17.7 Å². The summed E-state index contributed by atoms with van der Waals surface area (Å²) < 4.78 is 5.55. The molecule has 0 radical (unpaired) electrons. The van der Waals surface area contributed by atoms with E-state index in [9.17, 15) is 0 Å². The van der Waals surface area contributed by atoms with Crippen LogP contribution in [0.5, 0.6) is 5.75 Å². The fraction of sp³-hybridized carbons (Fsp3) is 0.350. The van der Waals surface area contributed by atoms with Gasteiger partial charge in [-0.15, -0.1) is 0 Å². The molecule has 0 aliphatic carbocycles. The van der Waals surface area contributed by atoms with Crippen LogP contribution in [0.2, 0.25) is 5.02 Å². The lowest BCUT2D eigenvalue weighted by Crippen LogP contribution is -2.54. The molecule has 1 aromatic carbocycles. The average Bonchev–Trinajstić information content (AvgIpc) is 2.74. The molecule has 4 rings (SSSR count). The maximum atomic E-state index is 6.13. The van der Waals surface area contributed by atoms with Crippen molar-refractivity contribution in [1.82, 2.24) is 25.1 Å². The van der Waals surface area contributed by atoms with Gasteiger partial charge in [0, 0.05) is 55.7 Å². The highest BCUT2D eigenvalue weighted by atomic mass is 35.5. The molecular formula is C20H23ClN6O. The number of piperazine rings is 1. The molecule has 1 aromatic heterocycles. The highest BCUT2D eigenvalue weighted by Gasteiger charge is 2.30. The predicted molar refractivity (Wildman–Crippen MR) is 110 cm³/mol. The number of nitrogens with one attached hydrogen (secondary N) is 1. The summed E-state index contributed by atoms with van der Waals surface area (Å²) in [5.41, 5.74) is 2.80. The highest BCUT2D eigenvalue weighted by molar-refractivity contribution is 6.30. The predicted octanol–water partition coefficient (Wildman–Crippen LogP) is 2.32. The van der Waals surface area contributed by atoms with Crippen LogP contribution >= 0.6 is 11.6 Å². The van der Waals surface area contributed by atoms with Crippen molar-refractivity contribution in [1.29, 1.82) is 0 Å². The van der Waals surface area contributed by atoms with Crippen LogP contribution in [-0.2, 0) is 0 Å². The fourth-order valence-electron chi connectivity index (χ4n) is 3.62. The van der Waals surface area contributed by atoms with Gasteiger partial charge in [0.1, 0.15) is 12.1 Å². The molecule has 8 heteroatoms. The van der Waals surface area contributed by atoms with Crippen molar-refractivity contribution in [3.63, 3.8) is 0 Å². The zero-order valence-corrected chi connectivity index (χ0v) is 16.7. The lowest BCUT2D eigenvalue weighted by molar-refractivity contribution is 0.0679. The summed E-state index contributed by atoms with van der Waals surface area (Å²) in [5.74, 6) is 0.800.